The Morgan fingerprint density at radius 2 is 1.41 bits per heavy atom. The Kier molecular flexibility index (Phi) is 5.46. The molecule has 0 bridgehead atoms. The molecular formula is C22H31N5. The zero-order valence-electron chi connectivity index (χ0n) is 16.6. The Labute approximate surface area is 162 Å². The smallest absolute Gasteiger partial charge is 0.135 e. The molecule has 0 atom stereocenters. The molecule has 0 amide bonds. The van der Waals surface area contributed by atoms with Crippen LogP contribution in [0.25, 0.3) is 0 Å². The first-order valence-electron chi connectivity index (χ1n) is 10.4. The number of piperidine rings is 2. The Morgan fingerprint density at radius 1 is 0.815 bits per heavy atom. The molecule has 1 aromatic carbocycles. The third-order valence-corrected chi connectivity index (χ3v) is 6.05. The van der Waals surface area contributed by atoms with E-state index >= 15 is 0 Å². The summed E-state index contributed by atoms with van der Waals surface area (Å²) >= 11 is 0. The number of hydrogen-bond acceptors (Lipinski definition) is 5. The lowest BCUT2D eigenvalue weighted by Gasteiger charge is -2.32. The molecule has 0 aliphatic carbocycles. The fourth-order valence-electron chi connectivity index (χ4n) is 4.00. The van der Waals surface area contributed by atoms with Gasteiger partial charge in [0.1, 0.15) is 18.0 Å². The average molecular weight is 366 g/mol. The molecule has 0 radical (unpaired) electrons. The minimum absolute atomic E-state index is 0.822. The molecule has 5 heteroatoms. The summed E-state index contributed by atoms with van der Waals surface area (Å²) in [4.78, 5) is 13.7. The highest BCUT2D eigenvalue weighted by Crippen LogP contribution is 2.26. The Hall–Kier alpha value is -2.30. The normalized spacial score (nSPS) is 19.3. The van der Waals surface area contributed by atoms with E-state index in [1.165, 1.54) is 31.4 Å². The molecule has 5 nitrogen and oxygen atoms in total. The molecule has 0 spiro atoms. The summed E-state index contributed by atoms with van der Waals surface area (Å²) in [6, 6.07) is 10.8. The van der Waals surface area contributed by atoms with Gasteiger partial charge >= 0.3 is 0 Å². The van der Waals surface area contributed by atoms with Crippen molar-refractivity contribution in [3.05, 3.63) is 36.7 Å². The van der Waals surface area contributed by atoms with Crippen LogP contribution in [-0.2, 0) is 0 Å². The Morgan fingerprint density at radius 3 is 2.04 bits per heavy atom. The highest BCUT2D eigenvalue weighted by atomic mass is 15.2. The average Bonchev–Trinajstić information content (AvgIpc) is 2.70. The number of hydrogen-bond donors (Lipinski definition) is 1. The van der Waals surface area contributed by atoms with Crippen molar-refractivity contribution in [2.24, 2.45) is 11.8 Å². The third-order valence-electron chi connectivity index (χ3n) is 6.05. The number of benzene rings is 1. The summed E-state index contributed by atoms with van der Waals surface area (Å²) in [6.07, 6.45) is 6.73. The van der Waals surface area contributed by atoms with Crippen LogP contribution in [-0.4, -0.2) is 36.1 Å². The summed E-state index contributed by atoms with van der Waals surface area (Å²) in [5.74, 6) is 3.57. The number of nitrogens with zero attached hydrogens (tertiary/aromatic N) is 4. The van der Waals surface area contributed by atoms with Crippen molar-refractivity contribution in [1.29, 1.82) is 0 Å². The predicted molar refractivity (Wildman–Crippen MR) is 113 cm³/mol. The molecule has 2 aliphatic heterocycles. The topological polar surface area (TPSA) is 44.3 Å². The number of anilines is 4. The van der Waals surface area contributed by atoms with Gasteiger partial charge in [-0.1, -0.05) is 13.8 Å². The van der Waals surface area contributed by atoms with Crippen LogP contribution in [0.2, 0.25) is 0 Å². The van der Waals surface area contributed by atoms with Gasteiger partial charge in [-0.3, -0.25) is 0 Å². The van der Waals surface area contributed by atoms with E-state index in [0.29, 0.717) is 0 Å². The van der Waals surface area contributed by atoms with Crippen LogP contribution in [0, 0.1) is 11.8 Å². The molecule has 2 aromatic rings. The molecule has 1 aromatic heterocycles. The van der Waals surface area contributed by atoms with Crippen LogP contribution < -0.4 is 15.1 Å². The van der Waals surface area contributed by atoms with Gasteiger partial charge in [0.25, 0.3) is 0 Å². The van der Waals surface area contributed by atoms with Gasteiger partial charge in [-0.05, 0) is 61.8 Å². The lowest BCUT2D eigenvalue weighted by atomic mass is 9.99. The van der Waals surface area contributed by atoms with E-state index in [4.69, 9.17) is 0 Å². The molecule has 0 saturated carbocycles. The fourth-order valence-corrected chi connectivity index (χ4v) is 4.00. The van der Waals surface area contributed by atoms with Crippen LogP contribution in [0.5, 0.6) is 0 Å². The maximum Gasteiger partial charge on any atom is 0.135 e. The van der Waals surface area contributed by atoms with E-state index in [2.05, 4.69) is 69.3 Å². The van der Waals surface area contributed by atoms with Gasteiger partial charge in [0.05, 0.1) is 0 Å². The van der Waals surface area contributed by atoms with Crippen molar-refractivity contribution in [3.63, 3.8) is 0 Å². The second-order valence-electron chi connectivity index (χ2n) is 8.27. The zero-order valence-corrected chi connectivity index (χ0v) is 16.6. The molecule has 2 saturated heterocycles. The van der Waals surface area contributed by atoms with Gasteiger partial charge in [-0.15, -0.1) is 0 Å². The van der Waals surface area contributed by atoms with E-state index in [9.17, 15) is 0 Å². The lowest BCUT2D eigenvalue weighted by Crippen LogP contribution is -2.33. The number of rotatable bonds is 4. The van der Waals surface area contributed by atoms with Crippen molar-refractivity contribution >= 4 is 23.0 Å². The predicted octanol–water partition coefficient (Wildman–Crippen LogP) is 4.69. The minimum atomic E-state index is 0.822. The number of aromatic nitrogens is 2. The van der Waals surface area contributed by atoms with Gasteiger partial charge < -0.3 is 15.1 Å². The van der Waals surface area contributed by atoms with Crippen LogP contribution in [0.15, 0.2) is 36.7 Å². The van der Waals surface area contributed by atoms with E-state index < -0.39 is 0 Å². The molecule has 144 valence electrons. The molecule has 2 fully saturated rings. The molecule has 2 aliphatic rings. The largest absolute Gasteiger partial charge is 0.372 e. The second kappa shape index (κ2) is 8.15. The monoisotopic (exact) mass is 365 g/mol. The van der Waals surface area contributed by atoms with E-state index in [-0.39, 0.29) is 0 Å². The van der Waals surface area contributed by atoms with Crippen LogP contribution in [0.4, 0.5) is 23.0 Å². The maximum absolute atomic E-state index is 4.48. The Balaban J connectivity index is 1.39. The van der Waals surface area contributed by atoms with Crippen LogP contribution in [0.1, 0.15) is 39.5 Å². The maximum atomic E-state index is 4.48. The first kappa shape index (κ1) is 18.1. The van der Waals surface area contributed by atoms with Gasteiger partial charge in [-0.2, -0.15) is 0 Å². The van der Waals surface area contributed by atoms with Crippen molar-refractivity contribution in [2.45, 2.75) is 39.5 Å². The summed E-state index contributed by atoms with van der Waals surface area (Å²) in [6.45, 7) is 9.18. The first-order chi connectivity index (χ1) is 13.2. The zero-order chi connectivity index (χ0) is 18.6. The van der Waals surface area contributed by atoms with Crippen molar-refractivity contribution in [2.75, 3.05) is 41.3 Å². The quantitative estimate of drug-likeness (QED) is 0.851. The fraction of sp³-hybridized carbons (Fsp3) is 0.545. The number of nitrogens with one attached hydrogen (secondary N) is 1. The van der Waals surface area contributed by atoms with Gasteiger partial charge in [0, 0.05) is 43.6 Å². The molecular weight excluding hydrogens is 334 g/mol. The van der Waals surface area contributed by atoms with Crippen molar-refractivity contribution < 1.29 is 0 Å². The molecule has 1 N–H and O–H groups in total. The lowest BCUT2D eigenvalue weighted by molar-refractivity contribution is 0.436. The third kappa shape index (κ3) is 4.52. The second-order valence-corrected chi connectivity index (χ2v) is 8.27. The van der Waals surface area contributed by atoms with E-state index in [0.717, 1.165) is 55.3 Å². The SMILES string of the molecule is CC1CCN(c2ccc(Nc3cc(N4CCC(C)CC4)ncn3)cc2)CC1. The van der Waals surface area contributed by atoms with Gasteiger partial charge in [0.15, 0.2) is 0 Å². The van der Waals surface area contributed by atoms with Crippen LogP contribution in [0.3, 0.4) is 0 Å². The standard InChI is InChI=1S/C22H31N5/c1-17-7-11-26(12-8-17)20-5-3-19(4-6-20)25-21-15-22(24-16-23-21)27-13-9-18(2)10-14-27/h3-6,15-18H,7-14H2,1-2H3,(H,23,24,25). The molecule has 3 heterocycles. The first-order valence-corrected chi connectivity index (χ1v) is 10.4. The Bertz CT molecular complexity index is 729. The van der Waals surface area contributed by atoms with E-state index in [1.807, 2.05) is 0 Å². The summed E-state index contributed by atoms with van der Waals surface area (Å²) < 4.78 is 0. The molecule has 4 rings (SSSR count). The van der Waals surface area contributed by atoms with E-state index in [1.54, 1.807) is 6.33 Å². The van der Waals surface area contributed by atoms with Crippen LogP contribution >= 0.6 is 0 Å². The molecule has 0 unspecified atom stereocenters. The highest BCUT2D eigenvalue weighted by molar-refractivity contribution is 5.62. The van der Waals surface area contributed by atoms with Crippen molar-refractivity contribution in [3.8, 4) is 0 Å². The molecule has 27 heavy (non-hydrogen) atoms. The summed E-state index contributed by atoms with van der Waals surface area (Å²) in [5, 5.41) is 3.43. The highest BCUT2D eigenvalue weighted by Gasteiger charge is 2.18. The van der Waals surface area contributed by atoms with Gasteiger partial charge in [-0.25, -0.2) is 9.97 Å². The summed E-state index contributed by atoms with van der Waals surface area (Å²) in [5.41, 5.74) is 2.39. The summed E-state index contributed by atoms with van der Waals surface area (Å²) in [7, 11) is 0. The minimum Gasteiger partial charge on any atom is -0.372 e. The van der Waals surface area contributed by atoms with Crippen molar-refractivity contribution in [1.82, 2.24) is 9.97 Å². The van der Waals surface area contributed by atoms with Gasteiger partial charge in [0.2, 0.25) is 0 Å².